The summed E-state index contributed by atoms with van der Waals surface area (Å²) in [6.45, 7) is 0. The molecule has 0 radical (unpaired) electrons. The fourth-order valence-corrected chi connectivity index (χ4v) is 0.796. The SMILES string of the molecule is OC(O)(O)C1CCC1. The normalized spacial score (nSPS) is 22.9. The van der Waals surface area contributed by atoms with Gasteiger partial charge in [-0.3, -0.25) is 0 Å². The van der Waals surface area contributed by atoms with E-state index in [4.69, 9.17) is 15.3 Å². The van der Waals surface area contributed by atoms with Gasteiger partial charge in [-0.1, -0.05) is 6.42 Å². The smallest absolute Gasteiger partial charge is 0.278 e. The molecular weight excluding hydrogens is 108 g/mol. The van der Waals surface area contributed by atoms with Crippen molar-refractivity contribution in [2.45, 2.75) is 25.2 Å². The van der Waals surface area contributed by atoms with Gasteiger partial charge in [0.1, 0.15) is 0 Å². The largest absolute Gasteiger partial charge is 0.343 e. The molecule has 0 aromatic heterocycles. The summed E-state index contributed by atoms with van der Waals surface area (Å²) in [4.78, 5) is 0. The van der Waals surface area contributed by atoms with Crippen molar-refractivity contribution in [1.29, 1.82) is 0 Å². The van der Waals surface area contributed by atoms with Gasteiger partial charge in [-0.15, -0.1) is 0 Å². The lowest BCUT2D eigenvalue weighted by atomic mass is 9.83. The lowest BCUT2D eigenvalue weighted by molar-refractivity contribution is -0.352. The van der Waals surface area contributed by atoms with Crippen LogP contribution in [0.2, 0.25) is 0 Å². The third kappa shape index (κ3) is 0.992. The molecule has 0 heterocycles. The third-order valence-electron chi connectivity index (χ3n) is 1.65. The molecule has 0 aliphatic heterocycles. The zero-order valence-corrected chi connectivity index (χ0v) is 4.54. The van der Waals surface area contributed by atoms with Gasteiger partial charge in [0, 0.05) is 5.92 Å². The number of hydrogen-bond acceptors (Lipinski definition) is 3. The second-order valence-corrected chi connectivity index (χ2v) is 2.32. The van der Waals surface area contributed by atoms with Crippen molar-refractivity contribution in [3.8, 4) is 0 Å². The van der Waals surface area contributed by atoms with Crippen molar-refractivity contribution >= 4 is 0 Å². The minimum absolute atomic E-state index is 0.303. The van der Waals surface area contributed by atoms with Crippen LogP contribution in [-0.4, -0.2) is 21.3 Å². The van der Waals surface area contributed by atoms with Gasteiger partial charge in [0.2, 0.25) is 0 Å². The molecule has 3 heteroatoms. The predicted molar refractivity (Wildman–Crippen MR) is 26.7 cm³/mol. The van der Waals surface area contributed by atoms with Crippen molar-refractivity contribution in [3.63, 3.8) is 0 Å². The number of hydrogen-bond donors (Lipinski definition) is 3. The molecule has 1 fully saturated rings. The van der Waals surface area contributed by atoms with E-state index in [1.807, 2.05) is 0 Å². The van der Waals surface area contributed by atoms with Gasteiger partial charge in [0.15, 0.2) is 0 Å². The first-order valence-corrected chi connectivity index (χ1v) is 2.78. The minimum Gasteiger partial charge on any atom is -0.343 e. The molecule has 1 aliphatic rings. The van der Waals surface area contributed by atoms with Gasteiger partial charge in [0.25, 0.3) is 5.97 Å². The molecule has 0 amide bonds. The molecule has 3 nitrogen and oxygen atoms in total. The molecule has 48 valence electrons. The summed E-state index contributed by atoms with van der Waals surface area (Å²) >= 11 is 0. The van der Waals surface area contributed by atoms with Crippen molar-refractivity contribution in [2.24, 2.45) is 5.92 Å². The summed E-state index contributed by atoms with van der Waals surface area (Å²) in [7, 11) is 0. The second-order valence-electron chi connectivity index (χ2n) is 2.32. The molecule has 0 spiro atoms. The molecule has 8 heavy (non-hydrogen) atoms. The van der Waals surface area contributed by atoms with Crippen LogP contribution in [0.25, 0.3) is 0 Å². The van der Waals surface area contributed by atoms with E-state index in [0.29, 0.717) is 0 Å². The van der Waals surface area contributed by atoms with Crippen molar-refractivity contribution in [1.82, 2.24) is 0 Å². The third-order valence-corrected chi connectivity index (χ3v) is 1.65. The molecule has 3 N–H and O–H groups in total. The summed E-state index contributed by atoms with van der Waals surface area (Å²) in [6, 6.07) is 0. The van der Waals surface area contributed by atoms with E-state index in [0.717, 1.165) is 19.3 Å². The van der Waals surface area contributed by atoms with Crippen molar-refractivity contribution < 1.29 is 15.3 Å². The Hall–Kier alpha value is -0.120. The summed E-state index contributed by atoms with van der Waals surface area (Å²) in [6.07, 6.45) is 2.45. The topological polar surface area (TPSA) is 60.7 Å². The Morgan fingerprint density at radius 3 is 1.62 bits per heavy atom. The molecule has 1 saturated carbocycles. The highest BCUT2D eigenvalue weighted by atomic mass is 16.7. The molecule has 0 aromatic rings. The van der Waals surface area contributed by atoms with Gasteiger partial charge < -0.3 is 15.3 Å². The summed E-state index contributed by atoms with van der Waals surface area (Å²) in [5.74, 6) is -2.71. The Labute approximate surface area is 47.6 Å². The highest BCUT2D eigenvalue weighted by Gasteiger charge is 2.36. The molecule has 1 rings (SSSR count). The van der Waals surface area contributed by atoms with Gasteiger partial charge in [0.05, 0.1) is 0 Å². The second kappa shape index (κ2) is 1.69. The maximum absolute atomic E-state index is 8.45. The minimum atomic E-state index is -2.40. The highest BCUT2D eigenvalue weighted by Crippen LogP contribution is 2.32. The quantitative estimate of drug-likeness (QED) is 0.403. The molecule has 1 aliphatic carbocycles. The van der Waals surface area contributed by atoms with Crippen LogP contribution in [0.15, 0.2) is 0 Å². The van der Waals surface area contributed by atoms with Gasteiger partial charge >= 0.3 is 0 Å². The molecule has 0 saturated heterocycles. The summed E-state index contributed by atoms with van der Waals surface area (Å²) in [5.41, 5.74) is 0. The van der Waals surface area contributed by atoms with Gasteiger partial charge in [-0.2, -0.15) is 0 Å². The Morgan fingerprint density at radius 1 is 1.12 bits per heavy atom. The van der Waals surface area contributed by atoms with Crippen LogP contribution in [0.3, 0.4) is 0 Å². The fraction of sp³-hybridized carbons (Fsp3) is 1.00. The maximum Gasteiger partial charge on any atom is 0.278 e. The monoisotopic (exact) mass is 118 g/mol. The van der Waals surface area contributed by atoms with Gasteiger partial charge in [-0.25, -0.2) is 0 Å². The first-order chi connectivity index (χ1) is 3.61. The van der Waals surface area contributed by atoms with Crippen LogP contribution >= 0.6 is 0 Å². The molecule has 0 atom stereocenters. The molecular formula is C5H10O3. The number of aliphatic hydroxyl groups is 3. The van der Waals surface area contributed by atoms with Crippen LogP contribution in [0.5, 0.6) is 0 Å². The van der Waals surface area contributed by atoms with E-state index in [9.17, 15) is 0 Å². The average molecular weight is 118 g/mol. The first kappa shape index (κ1) is 6.01. The van der Waals surface area contributed by atoms with E-state index in [1.165, 1.54) is 0 Å². The highest BCUT2D eigenvalue weighted by molar-refractivity contribution is 4.74. The Bertz CT molecular complexity index is 80.2. The zero-order valence-electron chi connectivity index (χ0n) is 4.54. The van der Waals surface area contributed by atoms with E-state index < -0.39 is 5.97 Å². The molecule has 0 bridgehead atoms. The van der Waals surface area contributed by atoms with Crippen LogP contribution in [0.4, 0.5) is 0 Å². The first-order valence-electron chi connectivity index (χ1n) is 2.78. The van der Waals surface area contributed by atoms with Crippen LogP contribution in [0.1, 0.15) is 19.3 Å². The lowest BCUT2D eigenvalue weighted by Crippen LogP contribution is -2.41. The van der Waals surface area contributed by atoms with Crippen LogP contribution in [-0.2, 0) is 0 Å². The Balaban J connectivity index is 2.34. The van der Waals surface area contributed by atoms with E-state index in [-0.39, 0.29) is 5.92 Å². The van der Waals surface area contributed by atoms with Crippen LogP contribution in [0, 0.1) is 5.92 Å². The fourth-order valence-electron chi connectivity index (χ4n) is 0.796. The van der Waals surface area contributed by atoms with Crippen LogP contribution < -0.4 is 0 Å². The van der Waals surface area contributed by atoms with E-state index >= 15 is 0 Å². The standard InChI is InChI=1S/C5H10O3/c6-5(7,8)4-2-1-3-4/h4,6-8H,1-3H2. The van der Waals surface area contributed by atoms with E-state index in [2.05, 4.69) is 0 Å². The average Bonchev–Trinajstić information content (AvgIpc) is 1.16. The van der Waals surface area contributed by atoms with Gasteiger partial charge in [-0.05, 0) is 12.8 Å². The Morgan fingerprint density at radius 2 is 1.62 bits per heavy atom. The van der Waals surface area contributed by atoms with E-state index in [1.54, 1.807) is 0 Å². The zero-order chi connectivity index (χ0) is 6.20. The van der Waals surface area contributed by atoms with Crippen molar-refractivity contribution in [2.75, 3.05) is 0 Å². The lowest BCUT2D eigenvalue weighted by Gasteiger charge is -2.32. The Kier molecular flexibility index (Phi) is 1.27. The van der Waals surface area contributed by atoms with Crippen molar-refractivity contribution in [3.05, 3.63) is 0 Å². The summed E-state index contributed by atoms with van der Waals surface area (Å²) < 4.78 is 0. The molecule has 0 aromatic carbocycles. The molecule has 0 unspecified atom stereocenters. The summed E-state index contributed by atoms with van der Waals surface area (Å²) in [5, 5.41) is 25.3. The maximum atomic E-state index is 8.45. The number of rotatable bonds is 1. The predicted octanol–water partition coefficient (Wildman–Crippen LogP) is -0.583.